The lowest BCUT2D eigenvalue weighted by Crippen LogP contribution is -2.52. The monoisotopic (exact) mass is 682 g/mol. The van der Waals surface area contributed by atoms with Crippen LogP contribution in [0, 0.1) is 0 Å². The van der Waals surface area contributed by atoms with Crippen LogP contribution in [0.3, 0.4) is 0 Å². The summed E-state index contributed by atoms with van der Waals surface area (Å²) >= 11 is 6.96. The predicted octanol–water partition coefficient (Wildman–Crippen LogP) is 7.10. The number of nitrogens with one attached hydrogen (secondary N) is 1. The zero-order chi connectivity index (χ0) is 33.8. The third-order valence-electron chi connectivity index (χ3n) is 9.12. The molecule has 254 valence electrons. The molecule has 11 nitrogen and oxygen atoms in total. The fourth-order valence-corrected chi connectivity index (χ4v) is 7.90. The highest BCUT2D eigenvalue weighted by atomic mass is 35.5. The second-order valence-electron chi connectivity index (χ2n) is 15.2. The van der Waals surface area contributed by atoms with Crippen LogP contribution in [-0.2, 0) is 29.7 Å². The van der Waals surface area contributed by atoms with Crippen molar-refractivity contribution in [2.24, 2.45) is 7.05 Å². The summed E-state index contributed by atoms with van der Waals surface area (Å²) in [5, 5.41) is 3.97. The van der Waals surface area contributed by atoms with Crippen LogP contribution in [0.25, 0.3) is 33.3 Å². The second kappa shape index (κ2) is 12.6. The number of aromatic nitrogens is 4. The smallest absolute Gasteiger partial charge is 0.407 e. The van der Waals surface area contributed by atoms with Crippen LogP contribution in [0.4, 0.5) is 10.7 Å². The van der Waals surface area contributed by atoms with Crippen molar-refractivity contribution in [3.05, 3.63) is 39.6 Å². The van der Waals surface area contributed by atoms with Crippen molar-refractivity contribution in [1.82, 2.24) is 24.4 Å². The normalized spacial score (nSPS) is 20.0. The third kappa shape index (κ3) is 6.82. The number of fused-ring (bicyclic) bond motifs is 4. The number of carbonyl (C=O) groups is 1. The Hall–Kier alpha value is -3.35. The molecule has 2 saturated heterocycles. The summed E-state index contributed by atoms with van der Waals surface area (Å²) in [4.78, 5) is 38.9. The van der Waals surface area contributed by atoms with Gasteiger partial charge in [0.2, 0.25) is 5.95 Å². The number of alkyl carbamates (subject to hydrolysis) is 1. The lowest BCUT2D eigenvalue weighted by Gasteiger charge is -2.40. The van der Waals surface area contributed by atoms with E-state index in [2.05, 4.69) is 34.8 Å². The first kappa shape index (κ1) is 33.5. The molecule has 1 N–H and O–H groups in total. The molecule has 0 spiro atoms. The minimum absolute atomic E-state index is 0.00374. The largest absolute Gasteiger partial charge is 0.444 e. The summed E-state index contributed by atoms with van der Waals surface area (Å²) in [6.45, 7) is 15.4. The summed E-state index contributed by atoms with van der Waals surface area (Å²) < 4.78 is 21.3. The highest BCUT2D eigenvalue weighted by Gasteiger charge is 2.43. The van der Waals surface area contributed by atoms with Crippen molar-refractivity contribution in [2.75, 3.05) is 11.5 Å². The van der Waals surface area contributed by atoms with E-state index in [0.717, 1.165) is 31.7 Å². The number of nitrogens with zero attached hydrogens (tertiary/aromatic N) is 5. The van der Waals surface area contributed by atoms with Crippen molar-refractivity contribution < 1.29 is 18.7 Å². The van der Waals surface area contributed by atoms with Gasteiger partial charge in [-0.2, -0.15) is 4.98 Å². The molecule has 6 rings (SSSR count). The van der Waals surface area contributed by atoms with E-state index >= 15 is 0 Å². The van der Waals surface area contributed by atoms with E-state index in [-0.39, 0.29) is 30.4 Å². The second-order valence-corrected chi connectivity index (χ2v) is 21.2. The molecule has 13 heteroatoms. The fraction of sp³-hybridized carbons (Fsp3) is 0.588. The molecule has 0 radical (unpaired) electrons. The van der Waals surface area contributed by atoms with Crippen molar-refractivity contribution in [1.29, 1.82) is 0 Å². The van der Waals surface area contributed by atoms with Gasteiger partial charge in [-0.25, -0.2) is 9.78 Å². The van der Waals surface area contributed by atoms with Crippen LogP contribution < -0.4 is 15.8 Å². The number of hydrogen-bond donors (Lipinski definition) is 1. The van der Waals surface area contributed by atoms with E-state index in [1.54, 1.807) is 11.6 Å². The molecule has 4 aromatic rings. The molecule has 2 fully saturated rings. The topological polar surface area (TPSA) is 117 Å². The fourth-order valence-electron chi connectivity index (χ4n) is 6.84. The van der Waals surface area contributed by atoms with Crippen LogP contribution in [0.2, 0.25) is 30.7 Å². The van der Waals surface area contributed by atoms with Gasteiger partial charge in [0.15, 0.2) is 17.1 Å². The zero-order valence-electron chi connectivity index (χ0n) is 28.8. The first-order valence-corrected chi connectivity index (χ1v) is 20.8. The van der Waals surface area contributed by atoms with Crippen LogP contribution >= 0.6 is 11.6 Å². The van der Waals surface area contributed by atoms with Gasteiger partial charge in [-0.1, -0.05) is 44.2 Å². The quantitative estimate of drug-likeness (QED) is 0.147. The van der Waals surface area contributed by atoms with E-state index in [0.29, 0.717) is 63.1 Å². The Morgan fingerprint density at radius 2 is 1.83 bits per heavy atom. The molecule has 1 aromatic carbocycles. The average Bonchev–Trinajstić information content (AvgIpc) is 3.64. The van der Waals surface area contributed by atoms with Crippen LogP contribution in [-0.4, -0.2) is 63.6 Å². The van der Waals surface area contributed by atoms with E-state index in [1.165, 1.54) is 0 Å². The molecule has 3 aromatic heterocycles. The molecule has 2 aliphatic heterocycles. The molecule has 0 unspecified atom stereocenters. The zero-order valence-corrected chi connectivity index (χ0v) is 30.5. The minimum Gasteiger partial charge on any atom is -0.444 e. The summed E-state index contributed by atoms with van der Waals surface area (Å²) in [5.74, 6) is 1.24. The number of anilines is 1. The Bertz CT molecular complexity index is 1860. The van der Waals surface area contributed by atoms with E-state index in [4.69, 9.17) is 30.5 Å². The number of benzene rings is 1. The molecule has 1 amide bonds. The number of piperidine rings is 1. The van der Waals surface area contributed by atoms with Crippen molar-refractivity contribution in [3.8, 4) is 11.1 Å². The lowest BCUT2D eigenvalue weighted by atomic mass is 9.98. The summed E-state index contributed by atoms with van der Waals surface area (Å²) in [6, 6.07) is 5.08. The summed E-state index contributed by atoms with van der Waals surface area (Å²) in [6.07, 6.45) is 5.61. The van der Waals surface area contributed by atoms with Gasteiger partial charge in [0.25, 0.3) is 5.56 Å². The molecule has 0 saturated carbocycles. The van der Waals surface area contributed by atoms with Gasteiger partial charge in [-0.3, -0.25) is 9.36 Å². The number of ether oxygens (including phenoxy) is 2. The molecule has 47 heavy (non-hydrogen) atoms. The van der Waals surface area contributed by atoms with E-state index in [1.807, 2.05) is 50.6 Å². The van der Waals surface area contributed by atoms with Crippen LogP contribution in [0.5, 0.6) is 0 Å². The average molecular weight is 683 g/mol. The Balaban J connectivity index is 1.38. The maximum Gasteiger partial charge on any atom is 0.407 e. The number of halogens is 1. The number of carbonyl (C=O) groups excluding carboxylic acids is 1. The highest BCUT2D eigenvalue weighted by molar-refractivity contribution is 6.76. The number of oxazole rings is 1. The standard InChI is InChI=1S/C34H47ClN6O5Si/c1-9-26-37-25-13-12-23(28(35)29(25)45-26)24-18-40(19-44-14-15-47(6,7)8)30-27(24)31(42)39(5)32(38-30)41-21-10-11-22(41)17-20(16-21)36-33(43)46-34(2,3)4/h12-13,18,20-22H,9-11,14-17,19H2,1-8H3,(H,36,43)/t20-,21+,22-. The van der Waals surface area contributed by atoms with Crippen molar-refractivity contribution in [3.63, 3.8) is 0 Å². The first-order chi connectivity index (χ1) is 22.1. The summed E-state index contributed by atoms with van der Waals surface area (Å²) in [5.41, 5.74) is 2.40. The highest BCUT2D eigenvalue weighted by Crippen LogP contribution is 2.41. The third-order valence-corrected chi connectivity index (χ3v) is 11.2. The van der Waals surface area contributed by atoms with Crippen molar-refractivity contribution in [2.45, 2.75) is 116 Å². The molecule has 2 bridgehead atoms. The molecule has 2 aliphatic rings. The molecule has 3 atom stereocenters. The predicted molar refractivity (Wildman–Crippen MR) is 188 cm³/mol. The Morgan fingerprint density at radius 3 is 2.47 bits per heavy atom. The summed E-state index contributed by atoms with van der Waals surface area (Å²) in [7, 11) is 0.493. The first-order valence-electron chi connectivity index (χ1n) is 16.7. The number of amides is 1. The van der Waals surface area contributed by atoms with Gasteiger partial charge in [-0.15, -0.1) is 0 Å². The van der Waals surface area contributed by atoms with Gasteiger partial charge in [0.1, 0.15) is 17.8 Å². The molecule has 5 heterocycles. The SMILES string of the molecule is CCc1nc2ccc(-c3cn(COCC[Si](C)(C)C)c4nc(N5[C@@H]6CC[C@H]5C[C@@H](NC(=O)OC(C)(C)C)C6)n(C)c(=O)c34)c(Cl)c2o1. The van der Waals surface area contributed by atoms with E-state index in [9.17, 15) is 9.59 Å². The lowest BCUT2D eigenvalue weighted by molar-refractivity contribution is 0.0492. The Labute approximate surface area is 281 Å². The Kier molecular flexibility index (Phi) is 8.99. The van der Waals surface area contributed by atoms with Gasteiger partial charge in [0, 0.05) is 63.6 Å². The number of hydrogen-bond acceptors (Lipinski definition) is 8. The van der Waals surface area contributed by atoms with Gasteiger partial charge < -0.3 is 28.7 Å². The molecular formula is C34H47ClN6O5Si. The van der Waals surface area contributed by atoms with Crippen LogP contribution in [0.15, 0.2) is 27.5 Å². The van der Waals surface area contributed by atoms with Crippen molar-refractivity contribution >= 4 is 53.8 Å². The Morgan fingerprint density at radius 1 is 1.13 bits per heavy atom. The maximum atomic E-state index is 14.4. The maximum absolute atomic E-state index is 14.4. The van der Waals surface area contributed by atoms with Gasteiger partial charge in [0.05, 0.1) is 10.4 Å². The van der Waals surface area contributed by atoms with E-state index < -0.39 is 19.8 Å². The molecular weight excluding hydrogens is 636 g/mol. The van der Waals surface area contributed by atoms with Gasteiger partial charge in [-0.05, 0) is 58.6 Å². The number of aryl methyl sites for hydroxylation is 1. The van der Waals surface area contributed by atoms with Gasteiger partial charge >= 0.3 is 6.09 Å². The number of rotatable bonds is 9. The molecule has 0 aliphatic carbocycles. The van der Waals surface area contributed by atoms with Crippen LogP contribution in [0.1, 0.15) is 59.3 Å². The minimum atomic E-state index is -1.29.